The summed E-state index contributed by atoms with van der Waals surface area (Å²) in [6.07, 6.45) is 7.74. The molecule has 0 unspecified atom stereocenters. The van der Waals surface area contributed by atoms with Crippen LogP contribution in [0.3, 0.4) is 0 Å². The van der Waals surface area contributed by atoms with Gasteiger partial charge in [-0.2, -0.15) is 0 Å². The molecule has 0 aliphatic carbocycles. The van der Waals surface area contributed by atoms with Crippen molar-refractivity contribution in [1.82, 2.24) is 14.5 Å². The van der Waals surface area contributed by atoms with Crippen molar-refractivity contribution in [2.24, 2.45) is 5.92 Å². The molecule has 0 bridgehead atoms. The van der Waals surface area contributed by atoms with Crippen molar-refractivity contribution in [3.05, 3.63) is 28.8 Å². The van der Waals surface area contributed by atoms with Gasteiger partial charge in [-0.25, -0.2) is 4.98 Å². The van der Waals surface area contributed by atoms with Crippen molar-refractivity contribution in [1.29, 1.82) is 0 Å². The third kappa shape index (κ3) is 2.09. The van der Waals surface area contributed by atoms with Crippen molar-refractivity contribution in [3.8, 4) is 11.3 Å². The van der Waals surface area contributed by atoms with Crippen molar-refractivity contribution >= 4 is 17.2 Å². The lowest BCUT2D eigenvalue weighted by Gasteiger charge is -2.37. The van der Waals surface area contributed by atoms with Crippen molar-refractivity contribution < 1.29 is 9.90 Å². The molecule has 2 fully saturated rings. The number of hydrogen-bond acceptors (Lipinski definition) is 4. The van der Waals surface area contributed by atoms with Gasteiger partial charge < -0.3 is 14.6 Å². The van der Waals surface area contributed by atoms with E-state index in [1.807, 2.05) is 17.4 Å². The molecule has 5 rings (SSSR count). The predicted molar refractivity (Wildman–Crippen MR) is 91.8 cm³/mol. The van der Waals surface area contributed by atoms with Gasteiger partial charge in [0, 0.05) is 29.4 Å². The maximum absolute atomic E-state index is 11.8. The highest BCUT2D eigenvalue weighted by Crippen LogP contribution is 2.45. The number of aromatic nitrogens is 2. The molecule has 1 amide bonds. The van der Waals surface area contributed by atoms with Crippen LogP contribution < -0.4 is 0 Å². The van der Waals surface area contributed by atoms with Crippen molar-refractivity contribution in [2.45, 2.75) is 50.3 Å². The largest absolute Gasteiger partial charge is 0.393 e. The maximum atomic E-state index is 11.8. The fourth-order valence-electron chi connectivity index (χ4n) is 4.79. The average molecular weight is 343 g/mol. The Morgan fingerprint density at radius 1 is 1.42 bits per heavy atom. The molecule has 3 aliphatic heterocycles. The Hall–Kier alpha value is -1.66. The summed E-state index contributed by atoms with van der Waals surface area (Å²) >= 11 is 1.77. The smallest absolute Gasteiger partial charge is 0.222 e. The zero-order valence-electron chi connectivity index (χ0n) is 13.5. The second-order valence-electron chi connectivity index (χ2n) is 7.27. The number of hydrogen-bond donors (Lipinski definition) is 1. The van der Waals surface area contributed by atoms with Gasteiger partial charge in [-0.1, -0.05) is 0 Å². The second kappa shape index (κ2) is 5.43. The molecular formula is C18H21N3O2S. The van der Waals surface area contributed by atoms with Crippen LogP contribution in [-0.2, 0) is 4.79 Å². The SMILES string of the molecule is O=C1CC[C@@H]2C[C@H]([C@H](O)C[C@H]3c4sccc4-c4cncn43)CCN12. The van der Waals surface area contributed by atoms with Crippen molar-refractivity contribution in [3.63, 3.8) is 0 Å². The normalized spacial score (nSPS) is 29.5. The van der Waals surface area contributed by atoms with Crippen LogP contribution in [0.1, 0.15) is 43.0 Å². The van der Waals surface area contributed by atoms with Crippen LogP contribution in [0.4, 0.5) is 0 Å². The summed E-state index contributed by atoms with van der Waals surface area (Å²) in [6.45, 7) is 0.816. The van der Waals surface area contributed by atoms with Crippen LogP contribution in [0, 0.1) is 5.92 Å². The molecule has 0 aromatic carbocycles. The molecule has 0 radical (unpaired) electrons. The molecule has 2 aromatic heterocycles. The minimum Gasteiger partial charge on any atom is -0.393 e. The fraction of sp³-hybridized carbons (Fsp3) is 0.556. The first-order chi connectivity index (χ1) is 11.7. The summed E-state index contributed by atoms with van der Waals surface area (Å²) in [7, 11) is 0. The number of fused-ring (bicyclic) bond motifs is 4. The molecule has 1 N–H and O–H groups in total. The van der Waals surface area contributed by atoms with E-state index in [1.54, 1.807) is 11.3 Å². The van der Waals surface area contributed by atoms with E-state index in [0.29, 0.717) is 24.3 Å². The maximum Gasteiger partial charge on any atom is 0.222 e. The van der Waals surface area contributed by atoms with Gasteiger partial charge in [0.25, 0.3) is 0 Å². The monoisotopic (exact) mass is 343 g/mol. The first kappa shape index (κ1) is 14.7. The van der Waals surface area contributed by atoms with Crippen LogP contribution in [0.5, 0.6) is 0 Å². The van der Waals surface area contributed by atoms with E-state index in [9.17, 15) is 9.90 Å². The Labute approximate surface area is 144 Å². The van der Waals surface area contributed by atoms with E-state index < -0.39 is 0 Å². The molecule has 3 aliphatic rings. The third-order valence-electron chi connectivity index (χ3n) is 6.05. The zero-order valence-corrected chi connectivity index (χ0v) is 14.3. The number of imidazole rings is 1. The summed E-state index contributed by atoms with van der Waals surface area (Å²) in [5.41, 5.74) is 2.44. The van der Waals surface area contributed by atoms with Gasteiger partial charge in [0.15, 0.2) is 0 Å². The van der Waals surface area contributed by atoms with E-state index in [-0.39, 0.29) is 12.1 Å². The van der Waals surface area contributed by atoms with Gasteiger partial charge in [-0.05, 0) is 43.0 Å². The summed E-state index contributed by atoms with van der Waals surface area (Å²) in [5, 5.41) is 13.0. The topological polar surface area (TPSA) is 58.4 Å². The average Bonchev–Trinajstić information content (AvgIpc) is 3.33. The van der Waals surface area contributed by atoms with Crippen LogP contribution in [0.25, 0.3) is 11.3 Å². The molecule has 24 heavy (non-hydrogen) atoms. The van der Waals surface area contributed by atoms with Gasteiger partial charge in [-0.15, -0.1) is 11.3 Å². The van der Waals surface area contributed by atoms with Crippen LogP contribution >= 0.6 is 11.3 Å². The van der Waals surface area contributed by atoms with Gasteiger partial charge in [0.05, 0.1) is 30.4 Å². The number of thiophene rings is 1. The van der Waals surface area contributed by atoms with Crippen LogP contribution in [0.2, 0.25) is 0 Å². The lowest BCUT2D eigenvalue weighted by atomic mass is 9.84. The first-order valence-electron chi connectivity index (χ1n) is 8.79. The molecule has 0 spiro atoms. The molecule has 2 saturated heterocycles. The number of piperidine rings is 1. The first-order valence-corrected chi connectivity index (χ1v) is 9.67. The van der Waals surface area contributed by atoms with Gasteiger partial charge in [0.2, 0.25) is 5.91 Å². The van der Waals surface area contributed by atoms with Crippen LogP contribution in [-0.4, -0.2) is 44.2 Å². The summed E-state index contributed by atoms with van der Waals surface area (Å²) < 4.78 is 2.21. The predicted octanol–water partition coefficient (Wildman–Crippen LogP) is 2.67. The Balaban J connectivity index is 1.33. The standard InChI is InChI=1S/C18H21N3O2S/c22-16(11-3-5-20-12(7-11)1-2-17(20)23)8-14-18-13(4-6-24-18)15-9-19-10-21(14)15/h4,6,9-12,14,16,22H,1-3,5,7-8H2/t11-,12-,14+,16-/m1/s1. The molecule has 5 heterocycles. The van der Waals surface area contributed by atoms with E-state index >= 15 is 0 Å². The van der Waals surface area contributed by atoms with E-state index in [4.69, 9.17) is 0 Å². The number of carbonyl (C=O) groups excluding carboxylic acids is 1. The minimum atomic E-state index is -0.323. The number of rotatable bonds is 3. The minimum absolute atomic E-state index is 0.204. The van der Waals surface area contributed by atoms with Gasteiger partial charge in [0.1, 0.15) is 0 Å². The van der Waals surface area contributed by atoms with E-state index in [0.717, 1.165) is 32.2 Å². The third-order valence-corrected chi connectivity index (χ3v) is 7.07. The molecule has 0 saturated carbocycles. The highest BCUT2D eigenvalue weighted by atomic mass is 32.1. The Morgan fingerprint density at radius 2 is 2.33 bits per heavy atom. The molecule has 2 aromatic rings. The number of nitrogens with zero attached hydrogens (tertiary/aromatic N) is 3. The zero-order chi connectivity index (χ0) is 16.3. The summed E-state index contributed by atoms with van der Waals surface area (Å²) in [5.74, 6) is 0.600. The highest BCUT2D eigenvalue weighted by molar-refractivity contribution is 7.10. The molecule has 5 nitrogen and oxygen atoms in total. The lowest BCUT2D eigenvalue weighted by Crippen LogP contribution is -2.43. The Morgan fingerprint density at radius 3 is 3.25 bits per heavy atom. The molecule has 4 atom stereocenters. The number of amides is 1. The Kier molecular flexibility index (Phi) is 3.31. The molecule has 126 valence electrons. The molecule has 6 heteroatoms. The number of carbonyl (C=O) groups is 1. The summed E-state index contributed by atoms with van der Waals surface area (Å²) in [4.78, 5) is 19.5. The fourth-order valence-corrected chi connectivity index (χ4v) is 5.80. The van der Waals surface area contributed by atoms with Gasteiger partial charge in [-0.3, -0.25) is 4.79 Å². The van der Waals surface area contributed by atoms with E-state index in [1.165, 1.54) is 16.1 Å². The lowest BCUT2D eigenvalue weighted by molar-refractivity contribution is -0.131. The summed E-state index contributed by atoms with van der Waals surface area (Å²) in [6, 6.07) is 2.72. The molecular weight excluding hydrogens is 322 g/mol. The Bertz CT molecular complexity index is 743. The second-order valence-corrected chi connectivity index (χ2v) is 8.22. The van der Waals surface area contributed by atoms with Crippen LogP contribution in [0.15, 0.2) is 24.0 Å². The van der Waals surface area contributed by atoms with E-state index in [2.05, 4.69) is 21.0 Å². The quantitative estimate of drug-likeness (QED) is 0.932. The highest BCUT2D eigenvalue weighted by Gasteiger charge is 2.40. The van der Waals surface area contributed by atoms with Gasteiger partial charge >= 0.3 is 0 Å². The number of aliphatic hydroxyl groups is 1. The van der Waals surface area contributed by atoms with Crippen molar-refractivity contribution in [2.75, 3.05) is 6.54 Å². The number of aliphatic hydroxyl groups excluding tert-OH is 1.